The van der Waals surface area contributed by atoms with Gasteiger partial charge in [-0.1, -0.05) is 29.3 Å². The van der Waals surface area contributed by atoms with Crippen LogP contribution in [0.5, 0.6) is 0 Å². The molecule has 2 aromatic carbocycles. The van der Waals surface area contributed by atoms with E-state index in [1.807, 2.05) is 43.3 Å². The first-order chi connectivity index (χ1) is 9.54. The average molecular weight is 288 g/mol. The van der Waals surface area contributed by atoms with Crippen LogP contribution < -0.4 is 5.32 Å². The lowest BCUT2D eigenvalue weighted by Crippen LogP contribution is -1.94. The molecule has 2 aromatic rings. The standard InChI is InChI=1S/C16H14ClNO2/c1-11-5-7-15(12(9-11)6-8-16(19)20)18-14-4-2-3-13(17)10-14/h2-10,18H,1H3,(H,19,20). The smallest absolute Gasteiger partial charge is 0.328 e. The highest BCUT2D eigenvalue weighted by atomic mass is 35.5. The summed E-state index contributed by atoms with van der Waals surface area (Å²) in [5.41, 5.74) is 3.56. The summed E-state index contributed by atoms with van der Waals surface area (Å²) in [5.74, 6) is -0.972. The molecule has 0 aliphatic rings. The number of aliphatic carboxylic acids is 1. The van der Waals surface area contributed by atoms with Gasteiger partial charge in [-0.25, -0.2) is 4.79 Å². The molecule has 0 atom stereocenters. The molecule has 20 heavy (non-hydrogen) atoms. The van der Waals surface area contributed by atoms with Crippen molar-refractivity contribution in [2.24, 2.45) is 0 Å². The molecule has 0 heterocycles. The Labute approximate surface area is 122 Å². The highest BCUT2D eigenvalue weighted by Gasteiger charge is 2.02. The monoisotopic (exact) mass is 287 g/mol. The fourth-order valence-electron chi connectivity index (χ4n) is 1.82. The number of carboxylic acids is 1. The summed E-state index contributed by atoms with van der Waals surface area (Å²) in [6.07, 6.45) is 2.69. The van der Waals surface area contributed by atoms with Crippen LogP contribution in [0.4, 0.5) is 11.4 Å². The van der Waals surface area contributed by atoms with Crippen molar-refractivity contribution in [2.45, 2.75) is 6.92 Å². The molecule has 0 saturated carbocycles. The maximum Gasteiger partial charge on any atom is 0.328 e. The number of halogens is 1. The first-order valence-electron chi connectivity index (χ1n) is 6.09. The first-order valence-corrected chi connectivity index (χ1v) is 6.46. The van der Waals surface area contributed by atoms with Gasteiger partial charge in [0.2, 0.25) is 0 Å². The van der Waals surface area contributed by atoms with Gasteiger partial charge in [-0.15, -0.1) is 0 Å². The van der Waals surface area contributed by atoms with Crippen molar-refractivity contribution < 1.29 is 9.90 Å². The van der Waals surface area contributed by atoms with E-state index in [-0.39, 0.29) is 0 Å². The molecule has 0 aliphatic carbocycles. The lowest BCUT2D eigenvalue weighted by Gasteiger charge is -2.11. The highest BCUT2D eigenvalue weighted by molar-refractivity contribution is 6.30. The molecule has 0 saturated heterocycles. The Kier molecular flexibility index (Phi) is 4.43. The molecule has 0 bridgehead atoms. The molecule has 0 amide bonds. The van der Waals surface area contributed by atoms with E-state index in [4.69, 9.17) is 16.7 Å². The van der Waals surface area contributed by atoms with E-state index >= 15 is 0 Å². The molecule has 102 valence electrons. The summed E-state index contributed by atoms with van der Waals surface area (Å²) < 4.78 is 0. The Morgan fingerprint density at radius 2 is 2.05 bits per heavy atom. The van der Waals surface area contributed by atoms with E-state index in [1.165, 1.54) is 0 Å². The van der Waals surface area contributed by atoms with Gasteiger partial charge in [0.25, 0.3) is 0 Å². The van der Waals surface area contributed by atoms with Gasteiger partial charge in [0.05, 0.1) is 0 Å². The van der Waals surface area contributed by atoms with Crippen LogP contribution in [-0.2, 0) is 4.79 Å². The van der Waals surface area contributed by atoms with E-state index < -0.39 is 5.97 Å². The van der Waals surface area contributed by atoms with Crippen molar-refractivity contribution in [3.05, 3.63) is 64.7 Å². The van der Waals surface area contributed by atoms with Crippen molar-refractivity contribution in [3.63, 3.8) is 0 Å². The number of carbonyl (C=O) groups is 1. The SMILES string of the molecule is Cc1ccc(Nc2cccc(Cl)c2)c(C=CC(=O)O)c1. The molecule has 0 aliphatic heterocycles. The number of nitrogens with one attached hydrogen (secondary N) is 1. The zero-order valence-electron chi connectivity index (χ0n) is 10.9. The van der Waals surface area contributed by atoms with Crippen LogP contribution in [0.1, 0.15) is 11.1 Å². The van der Waals surface area contributed by atoms with E-state index in [9.17, 15) is 4.79 Å². The lowest BCUT2D eigenvalue weighted by molar-refractivity contribution is -0.131. The number of aryl methyl sites for hydroxylation is 1. The number of rotatable bonds is 4. The molecule has 0 spiro atoms. The van der Waals surface area contributed by atoms with Gasteiger partial charge >= 0.3 is 5.97 Å². The van der Waals surface area contributed by atoms with Crippen LogP contribution >= 0.6 is 11.6 Å². The predicted molar refractivity (Wildman–Crippen MR) is 82.6 cm³/mol. The van der Waals surface area contributed by atoms with E-state index in [2.05, 4.69) is 5.32 Å². The summed E-state index contributed by atoms with van der Waals surface area (Å²) in [6, 6.07) is 13.2. The van der Waals surface area contributed by atoms with Gasteiger partial charge in [0.15, 0.2) is 0 Å². The zero-order valence-corrected chi connectivity index (χ0v) is 11.7. The van der Waals surface area contributed by atoms with Crippen LogP contribution in [0, 0.1) is 6.92 Å². The summed E-state index contributed by atoms with van der Waals surface area (Å²) >= 11 is 5.95. The van der Waals surface area contributed by atoms with E-state index in [0.717, 1.165) is 28.6 Å². The molecule has 0 unspecified atom stereocenters. The topological polar surface area (TPSA) is 49.3 Å². The molecule has 4 heteroatoms. The summed E-state index contributed by atoms with van der Waals surface area (Å²) in [6.45, 7) is 1.96. The first kappa shape index (κ1) is 14.2. The fourth-order valence-corrected chi connectivity index (χ4v) is 2.01. The maximum absolute atomic E-state index is 10.6. The van der Waals surface area contributed by atoms with Gasteiger partial charge in [-0.05, 0) is 48.9 Å². The van der Waals surface area contributed by atoms with Crippen LogP contribution in [0.2, 0.25) is 5.02 Å². The average Bonchev–Trinajstić information content (AvgIpc) is 2.39. The Hall–Kier alpha value is -2.26. The number of anilines is 2. The van der Waals surface area contributed by atoms with E-state index in [0.29, 0.717) is 5.02 Å². The summed E-state index contributed by atoms with van der Waals surface area (Å²) in [4.78, 5) is 10.6. The third-order valence-corrected chi connectivity index (χ3v) is 2.95. The molecule has 2 rings (SSSR count). The second kappa shape index (κ2) is 6.26. The maximum atomic E-state index is 10.6. The van der Waals surface area contributed by atoms with Crippen LogP contribution in [-0.4, -0.2) is 11.1 Å². The minimum absolute atomic E-state index is 0.643. The predicted octanol–water partition coefficient (Wildman–Crippen LogP) is 4.49. The third kappa shape index (κ3) is 3.87. The van der Waals surface area contributed by atoms with Gasteiger partial charge in [-0.3, -0.25) is 0 Å². The van der Waals surface area contributed by atoms with E-state index in [1.54, 1.807) is 12.1 Å². The van der Waals surface area contributed by atoms with Gasteiger partial charge in [-0.2, -0.15) is 0 Å². The molecule has 0 fully saturated rings. The Morgan fingerprint density at radius 1 is 1.25 bits per heavy atom. The molecule has 0 radical (unpaired) electrons. The molecular weight excluding hydrogens is 274 g/mol. The van der Waals surface area contributed by atoms with Crippen molar-refractivity contribution >= 4 is 35.0 Å². The Bertz CT molecular complexity index is 665. The van der Waals surface area contributed by atoms with Gasteiger partial charge < -0.3 is 10.4 Å². The molecular formula is C16H14ClNO2. The number of benzene rings is 2. The summed E-state index contributed by atoms with van der Waals surface area (Å²) in [7, 11) is 0. The minimum Gasteiger partial charge on any atom is -0.478 e. The van der Waals surface area contributed by atoms with Crippen LogP contribution in [0.3, 0.4) is 0 Å². The highest BCUT2D eigenvalue weighted by Crippen LogP contribution is 2.25. The number of hydrogen-bond donors (Lipinski definition) is 2. The lowest BCUT2D eigenvalue weighted by atomic mass is 10.1. The van der Waals surface area contributed by atoms with Crippen molar-refractivity contribution in [1.29, 1.82) is 0 Å². The number of carboxylic acid groups (broad SMARTS) is 1. The van der Waals surface area contributed by atoms with Crippen molar-refractivity contribution in [1.82, 2.24) is 0 Å². The Morgan fingerprint density at radius 3 is 2.75 bits per heavy atom. The van der Waals surface area contributed by atoms with Gasteiger partial charge in [0.1, 0.15) is 0 Å². The largest absolute Gasteiger partial charge is 0.478 e. The minimum atomic E-state index is -0.972. The molecule has 3 nitrogen and oxygen atoms in total. The van der Waals surface area contributed by atoms with Crippen molar-refractivity contribution in [3.8, 4) is 0 Å². The second-order valence-corrected chi connectivity index (χ2v) is 4.83. The van der Waals surface area contributed by atoms with Crippen LogP contribution in [0.25, 0.3) is 6.08 Å². The molecule has 2 N–H and O–H groups in total. The van der Waals surface area contributed by atoms with Crippen molar-refractivity contribution in [2.75, 3.05) is 5.32 Å². The quantitative estimate of drug-likeness (QED) is 0.815. The second-order valence-electron chi connectivity index (χ2n) is 4.40. The van der Waals surface area contributed by atoms with Crippen LogP contribution in [0.15, 0.2) is 48.5 Å². The van der Waals surface area contributed by atoms with Gasteiger partial charge in [0, 0.05) is 22.5 Å². The fraction of sp³-hybridized carbons (Fsp3) is 0.0625. The Balaban J connectivity index is 2.33. The number of hydrogen-bond acceptors (Lipinski definition) is 2. The normalized spacial score (nSPS) is 10.7. The zero-order chi connectivity index (χ0) is 14.5. The third-order valence-electron chi connectivity index (χ3n) is 2.72. The summed E-state index contributed by atoms with van der Waals surface area (Å²) in [5, 5.41) is 12.6. The molecule has 0 aromatic heterocycles.